The number of aromatic nitrogens is 3. The normalized spacial score (nSPS) is 15.0. The number of pyridine rings is 1. The van der Waals surface area contributed by atoms with Crippen LogP contribution in [0.15, 0.2) is 34.2 Å². The third kappa shape index (κ3) is 4.60. The molecule has 0 aromatic carbocycles. The van der Waals surface area contributed by atoms with Gasteiger partial charge in [-0.15, -0.1) is 10.2 Å². The Morgan fingerprint density at radius 1 is 1.27 bits per heavy atom. The van der Waals surface area contributed by atoms with Crippen LogP contribution in [0, 0.1) is 5.92 Å². The summed E-state index contributed by atoms with van der Waals surface area (Å²) in [4.78, 5) is 29.8. The number of carbonyl (C=O) groups excluding carboxylic acids is 2. The van der Waals surface area contributed by atoms with Gasteiger partial charge in [0.1, 0.15) is 0 Å². The molecule has 0 bridgehead atoms. The molecule has 9 heteroatoms. The summed E-state index contributed by atoms with van der Waals surface area (Å²) in [7, 11) is 0. The van der Waals surface area contributed by atoms with Crippen molar-refractivity contribution in [3.05, 3.63) is 24.5 Å². The summed E-state index contributed by atoms with van der Waals surface area (Å²) in [6.45, 7) is 3.32. The molecule has 0 saturated carbocycles. The van der Waals surface area contributed by atoms with Crippen LogP contribution >= 0.6 is 11.8 Å². The van der Waals surface area contributed by atoms with Crippen LogP contribution in [0.1, 0.15) is 19.8 Å². The van der Waals surface area contributed by atoms with Gasteiger partial charge in [0.05, 0.1) is 18.3 Å². The van der Waals surface area contributed by atoms with Gasteiger partial charge in [-0.25, -0.2) is 0 Å². The average Bonchev–Trinajstić information content (AvgIpc) is 3.16. The molecule has 0 spiro atoms. The van der Waals surface area contributed by atoms with E-state index in [1.807, 2.05) is 0 Å². The quantitative estimate of drug-likeness (QED) is 0.558. The Bertz CT molecular complexity index is 744. The van der Waals surface area contributed by atoms with Crippen molar-refractivity contribution in [3.8, 4) is 11.5 Å². The Labute approximate surface area is 155 Å². The van der Waals surface area contributed by atoms with Crippen molar-refractivity contribution in [2.45, 2.75) is 25.0 Å². The van der Waals surface area contributed by atoms with Gasteiger partial charge >= 0.3 is 5.97 Å². The SMILES string of the molecule is CCOC(=O)C1CCN(C(=O)CSc2nnc(-c3ccncc3)o2)CC1. The highest BCUT2D eigenvalue weighted by Gasteiger charge is 2.28. The fraction of sp³-hybridized carbons (Fsp3) is 0.471. The molecule has 1 fully saturated rings. The van der Waals surface area contributed by atoms with E-state index in [-0.39, 0.29) is 23.5 Å². The minimum absolute atomic E-state index is 0.000898. The molecule has 1 aliphatic heterocycles. The molecule has 0 N–H and O–H groups in total. The molecule has 3 rings (SSSR count). The number of amides is 1. The van der Waals surface area contributed by atoms with Crippen LogP contribution in [0.5, 0.6) is 0 Å². The average molecular weight is 376 g/mol. The lowest BCUT2D eigenvalue weighted by Crippen LogP contribution is -2.41. The molecule has 0 atom stereocenters. The lowest BCUT2D eigenvalue weighted by molar-refractivity contribution is -0.151. The first-order chi connectivity index (χ1) is 12.7. The summed E-state index contributed by atoms with van der Waals surface area (Å²) >= 11 is 1.21. The molecular weight excluding hydrogens is 356 g/mol. The maximum atomic E-state index is 12.3. The zero-order valence-corrected chi connectivity index (χ0v) is 15.3. The first kappa shape index (κ1) is 18.4. The fourth-order valence-electron chi connectivity index (χ4n) is 2.72. The number of piperidine rings is 1. The standard InChI is InChI=1S/C17H20N4O4S/c1-2-24-16(23)13-5-9-21(10-6-13)14(22)11-26-17-20-19-15(25-17)12-3-7-18-8-4-12/h3-4,7-8,13H,2,5-6,9-11H2,1H3. The number of carbonyl (C=O) groups is 2. The van der Waals surface area contributed by atoms with E-state index >= 15 is 0 Å². The van der Waals surface area contributed by atoms with Gasteiger partial charge in [-0.1, -0.05) is 11.8 Å². The summed E-state index contributed by atoms with van der Waals surface area (Å²) in [5, 5.41) is 8.29. The first-order valence-electron chi connectivity index (χ1n) is 8.48. The lowest BCUT2D eigenvalue weighted by atomic mass is 9.97. The van der Waals surface area contributed by atoms with E-state index in [0.29, 0.717) is 43.7 Å². The Hall–Kier alpha value is -2.42. The van der Waals surface area contributed by atoms with Crippen molar-refractivity contribution in [2.75, 3.05) is 25.4 Å². The smallest absolute Gasteiger partial charge is 0.309 e. The minimum atomic E-state index is -0.163. The summed E-state index contributed by atoms with van der Waals surface area (Å²) in [6, 6.07) is 3.56. The van der Waals surface area contributed by atoms with Gasteiger partial charge in [0.2, 0.25) is 11.8 Å². The molecule has 8 nitrogen and oxygen atoms in total. The molecule has 0 aliphatic carbocycles. The van der Waals surface area contributed by atoms with Crippen molar-refractivity contribution in [3.63, 3.8) is 0 Å². The van der Waals surface area contributed by atoms with Gasteiger partial charge in [0.15, 0.2) is 0 Å². The summed E-state index contributed by atoms with van der Waals surface area (Å²) < 4.78 is 10.6. The Morgan fingerprint density at radius 2 is 2.00 bits per heavy atom. The lowest BCUT2D eigenvalue weighted by Gasteiger charge is -2.30. The van der Waals surface area contributed by atoms with Crippen LogP contribution in [-0.4, -0.2) is 57.4 Å². The minimum Gasteiger partial charge on any atom is -0.466 e. The Kier molecular flexibility index (Phi) is 6.21. The van der Waals surface area contributed by atoms with Crippen molar-refractivity contribution in [1.29, 1.82) is 0 Å². The highest BCUT2D eigenvalue weighted by molar-refractivity contribution is 7.99. The Balaban J connectivity index is 1.46. The fourth-order valence-corrected chi connectivity index (χ4v) is 3.38. The first-order valence-corrected chi connectivity index (χ1v) is 9.47. The molecule has 2 aromatic heterocycles. The Morgan fingerprint density at radius 3 is 2.69 bits per heavy atom. The van der Waals surface area contributed by atoms with Gasteiger partial charge < -0.3 is 14.1 Å². The highest BCUT2D eigenvalue weighted by Crippen LogP contribution is 2.24. The van der Waals surface area contributed by atoms with Gasteiger partial charge in [0.25, 0.3) is 5.22 Å². The summed E-state index contributed by atoms with van der Waals surface area (Å²) in [5.41, 5.74) is 0.784. The molecule has 0 radical (unpaired) electrons. The number of rotatable bonds is 6. The predicted molar refractivity (Wildman–Crippen MR) is 94.2 cm³/mol. The van der Waals surface area contributed by atoms with Crippen molar-refractivity contribution in [1.82, 2.24) is 20.1 Å². The maximum Gasteiger partial charge on any atom is 0.309 e. The van der Waals surface area contributed by atoms with Crippen molar-refractivity contribution in [2.24, 2.45) is 5.92 Å². The van der Waals surface area contributed by atoms with Crippen LogP contribution in [0.3, 0.4) is 0 Å². The van der Waals surface area contributed by atoms with E-state index in [1.54, 1.807) is 36.4 Å². The highest BCUT2D eigenvalue weighted by atomic mass is 32.2. The van der Waals surface area contributed by atoms with E-state index in [1.165, 1.54) is 11.8 Å². The molecule has 138 valence electrons. The van der Waals surface area contributed by atoms with E-state index < -0.39 is 0 Å². The second kappa shape index (κ2) is 8.79. The van der Waals surface area contributed by atoms with Crippen molar-refractivity contribution >= 4 is 23.6 Å². The molecule has 26 heavy (non-hydrogen) atoms. The van der Waals surface area contributed by atoms with Crippen LogP contribution in [0.4, 0.5) is 0 Å². The largest absolute Gasteiger partial charge is 0.466 e. The number of esters is 1. The molecule has 1 aliphatic rings. The van der Waals surface area contributed by atoms with Gasteiger partial charge in [0, 0.05) is 31.0 Å². The van der Waals surface area contributed by atoms with E-state index in [9.17, 15) is 9.59 Å². The van der Waals surface area contributed by atoms with Gasteiger partial charge in [-0.2, -0.15) is 0 Å². The number of ether oxygens (including phenoxy) is 1. The summed E-state index contributed by atoms with van der Waals surface area (Å²) in [5.74, 6) is 0.356. The predicted octanol–water partition coefficient (Wildman–Crippen LogP) is 2.03. The zero-order valence-electron chi connectivity index (χ0n) is 14.5. The van der Waals surface area contributed by atoms with Gasteiger partial charge in [-0.05, 0) is 31.9 Å². The second-order valence-electron chi connectivity index (χ2n) is 5.80. The monoisotopic (exact) mass is 376 g/mol. The number of nitrogens with zero attached hydrogens (tertiary/aromatic N) is 4. The maximum absolute atomic E-state index is 12.3. The third-order valence-corrected chi connectivity index (χ3v) is 4.92. The number of likely N-dealkylation sites (tertiary alicyclic amines) is 1. The van der Waals surface area contributed by atoms with Crippen LogP contribution in [-0.2, 0) is 14.3 Å². The summed E-state index contributed by atoms with van der Waals surface area (Å²) in [6.07, 6.45) is 4.58. The second-order valence-corrected chi connectivity index (χ2v) is 6.73. The van der Waals surface area contributed by atoms with Crippen molar-refractivity contribution < 1.29 is 18.7 Å². The van der Waals surface area contributed by atoms with Gasteiger partial charge in [-0.3, -0.25) is 14.6 Å². The topological polar surface area (TPSA) is 98.4 Å². The van der Waals surface area contributed by atoms with Crippen LogP contribution < -0.4 is 0 Å². The van der Waals surface area contributed by atoms with Crippen LogP contribution in [0.25, 0.3) is 11.5 Å². The number of thioether (sulfide) groups is 1. The van der Waals surface area contributed by atoms with E-state index in [2.05, 4.69) is 15.2 Å². The number of hydrogen-bond donors (Lipinski definition) is 0. The molecule has 0 unspecified atom stereocenters. The third-order valence-electron chi connectivity index (χ3n) is 4.12. The molecule has 1 amide bonds. The zero-order chi connectivity index (χ0) is 18.4. The van der Waals surface area contributed by atoms with Crippen LogP contribution in [0.2, 0.25) is 0 Å². The molecule has 3 heterocycles. The molecular formula is C17H20N4O4S. The molecule has 1 saturated heterocycles. The van der Waals surface area contributed by atoms with E-state index in [0.717, 1.165) is 5.56 Å². The van der Waals surface area contributed by atoms with E-state index in [4.69, 9.17) is 9.15 Å². The number of hydrogen-bond acceptors (Lipinski definition) is 8. The molecule has 2 aromatic rings.